The fourth-order valence-electron chi connectivity index (χ4n) is 2.39. The molecule has 2 heterocycles. The number of aliphatic hydroxyl groups is 1. The smallest absolute Gasteiger partial charge is 0.0991 e. The lowest BCUT2D eigenvalue weighted by Gasteiger charge is -2.25. The van der Waals surface area contributed by atoms with Crippen LogP contribution in [0.1, 0.15) is 19.3 Å². The van der Waals surface area contributed by atoms with Crippen molar-refractivity contribution in [3.05, 3.63) is 12.7 Å². The van der Waals surface area contributed by atoms with E-state index in [0.717, 1.165) is 19.4 Å². The Bertz CT molecular complexity index is 180. The van der Waals surface area contributed by atoms with Crippen molar-refractivity contribution in [2.75, 3.05) is 13.1 Å². The molecule has 2 nitrogen and oxygen atoms in total. The zero-order chi connectivity index (χ0) is 7.90. The molecule has 11 heavy (non-hydrogen) atoms. The number of hydrogen-bond acceptors (Lipinski definition) is 2. The number of hydrogen-bond donors (Lipinski definition) is 1. The highest BCUT2D eigenvalue weighted by Gasteiger charge is 2.45. The molecule has 0 aromatic rings. The molecule has 2 fully saturated rings. The Kier molecular flexibility index (Phi) is 1.55. The zero-order valence-electron chi connectivity index (χ0n) is 6.79. The Labute approximate surface area is 67.5 Å². The molecular weight excluding hydrogens is 138 g/mol. The van der Waals surface area contributed by atoms with Crippen LogP contribution in [0, 0.1) is 0 Å². The van der Waals surface area contributed by atoms with Crippen LogP contribution < -0.4 is 0 Å². The molecule has 0 aromatic heterocycles. The monoisotopic (exact) mass is 153 g/mol. The van der Waals surface area contributed by atoms with E-state index in [1.54, 1.807) is 6.08 Å². The van der Waals surface area contributed by atoms with Gasteiger partial charge in [-0.2, -0.15) is 0 Å². The summed E-state index contributed by atoms with van der Waals surface area (Å²) in [5, 5.41) is 10.0. The minimum atomic E-state index is -0.573. The van der Waals surface area contributed by atoms with Gasteiger partial charge in [-0.3, -0.25) is 4.90 Å². The summed E-state index contributed by atoms with van der Waals surface area (Å²) in [4.78, 5) is 2.38. The van der Waals surface area contributed by atoms with Gasteiger partial charge in [0.25, 0.3) is 0 Å². The van der Waals surface area contributed by atoms with Crippen LogP contribution in [-0.4, -0.2) is 34.7 Å². The normalized spacial score (nSPS) is 44.3. The molecule has 0 spiro atoms. The first-order valence-electron chi connectivity index (χ1n) is 4.36. The summed E-state index contributed by atoms with van der Waals surface area (Å²) >= 11 is 0. The predicted octanol–water partition coefficient (Wildman–Crippen LogP) is 0.772. The quantitative estimate of drug-likeness (QED) is 0.562. The fraction of sp³-hybridized carbons (Fsp3) is 0.778. The Morgan fingerprint density at radius 3 is 3.09 bits per heavy atom. The van der Waals surface area contributed by atoms with Crippen LogP contribution in [0.25, 0.3) is 0 Å². The van der Waals surface area contributed by atoms with Crippen LogP contribution >= 0.6 is 0 Å². The molecule has 0 bridgehead atoms. The molecule has 2 unspecified atom stereocenters. The molecular formula is C9H15NO. The lowest BCUT2D eigenvalue weighted by Crippen LogP contribution is -2.39. The van der Waals surface area contributed by atoms with E-state index in [4.69, 9.17) is 0 Å². The van der Waals surface area contributed by atoms with E-state index in [-0.39, 0.29) is 0 Å². The van der Waals surface area contributed by atoms with Gasteiger partial charge in [0.15, 0.2) is 0 Å². The first-order valence-corrected chi connectivity index (χ1v) is 4.36. The van der Waals surface area contributed by atoms with Crippen LogP contribution in [0.3, 0.4) is 0 Å². The Balaban J connectivity index is 2.20. The van der Waals surface area contributed by atoms with Crippen molar-refractivity contribution in [3.8, 4) is 0 Å². The molecule has 0 amide bonds. The van der Waals surface area contributed by atoms with Gasteiger partial charge < -0.3 is 5.11 Å². The van der Waals surface area contributed by atoms with Gasteiger partial charge in [0.05, 0.1) is 5.60 Å². The summed E-state index contributed by atoms with van der Waals surface area (Å²) in [6, 6.07) is 0.375. The topological polar surface area (TPSA) is 23.5 Å². The van der Waals surface area contributed by atoms with E-state index >= 15 is 0 Å². The van der Waals surface area contributed by atoms with Gasteiger partial charge in [0, 0.05) is 12.6 Å². The average Bonchev–Trinajstić information content (AvgIpc) is 2.55. The van der Waals surface area contributed by atoms with E-state index in [2.05, 4.69) is 11.5 Å². The fourth-order valence-corrected chi connectivity index (χ4v) is 2.39. The van der Waals surface area contributed by atoms with Crippen LogP contribution in [-0.2, 0) is 0 Å². The van der Waals surface area contributed by atoms with Gasteiger partial charge in [0.1, 0.15) is 0 Å². The summed E-state index contributed by atoms with van der Waals surface area (Å²) in [5.41, 5.74) is -0.573. The van der Waals surface area contributed by atoms with E-state index in [9.17, 15) is 5.11 Å². The van der Waals surface area contributed by atoms with E-state index in [1.807, 2.05) is 0 Å². The van der Waals surface area contributed by atoms with Crippen LogP contribution in [0.15, 0.2) is 12.7 Å². The lowest BCUT2D eigenvalue weighted by molar-refractivity contribution is 0.0607. The second-order valence-corrected chi connectivity index (χ2v) is 3.64. The van der Waals surface area contributed by atoms with Crippen LogP contribution in [0.2, 0.25) is 0 Å². The highest BCUT2D eigenvalue weighted by Crippen LogP contribution is 2.36. The van der Waals surface area contributed by atoms with Crippen molar-refractivity contribution in [2.24, 2.45) is 0 Å². The SMILES string of the molecule is C=CC1(O)CCN2CCCC21. The van der Waals surface area contributed by atoms with Crippen LogP contribution in [0.4, 0.5) is 0 Å². The third kappa shape index (κ3) is 0.932. The Morgan fingerprint density at radius 1 is 1.55 bits per heavy atom. The van der Waals surface area contributed by atoms with E-state index in [0.29, 0.717) is 6.04 Å². The van der Waals surface area contributed by atoms with Gasteiger partial charge in [-0.25, -0.2) is 0 Å². The van der Waals surface area contributed by atoms with Crippen LogP contribution in [0.5, 0.6) is 0 Å². The van der Waals surface area contributed by atoms with Gasteiger partial charge in [-0.1, -0.05) is 6.08 Å². The van der Waals surface area contributed by atoms with Crippen molar-refractivity contribution >= 4 is 0 Å². The molecule has 2 atom stereocenters. The zero-order valence-corrected chi connectivity index (χ0v) is 6.79. The molecule has 0 saturated carbocycles. The average molecular weight is 153 g/mol. The molecule has 62 valence electrons. The largest absolute Gasteiger partial charge is 0.384 e. The minimum absolute atomic E-state index is 0.375. The standard InChI is InChI=1S/C9H15NO/c1-2-9(11)5-7-10-6-3-4-8(9)10/h2,8,11H,1,3-7H2. The molecule has 2 heteroatoms. The number of fused-ring (bicyclic) bond motifs is 1. The minimum Gasteiger partial charge on any atom is -0.384 e. The molecule has 0 radical (unpaired) electrons. The number of nitrogens with zero attached hydrogens (tertiary/aromatic N) is 1. The Hall–Kier alpha value is -0.340. The van der Waals surface area contributed by atoms with E-state index < -0.39 is 5.60 Å². The van der Waals surface area contributed by atoms with E-state index in [1.165, 1.54) is 13.0 Å². The molecule has 2 rings (SSSR count). The van der Waals surface area contributed by atoms with Crippen molar-refractivity contribution in [3.63, 3.8) is 0 Å². The molecule has 1 N–H and O–H groups in total. The second-order valence-electron chi connectivity index (χ2n) is 3.64. The maximum absolute atomic E-state index is 10.0. The predicted molar refractivity (Wildman–Crippen MR) is 44.4 cm³/mol. The third-order valence-electron chi connectivity index (χ3n) is 3.09. The maximum atomic E-state index is 10.0. The highest BCUT2D eigenvalue weighted by molar-refractivity contribution is 5.11. The first-order chi connectivity index (χ1) is 5.26. The maximum Gasteiger partial charge on any atom is 0.0991 e. The van der Waals surface area contributed by atoms with Crippen molar-refractivity contribution in [1.29, 1.82) is 0 Å². The summed E-state index contributed by atoms with van der Waals surface area (Å²) in [7, 11) is 0. The summed E-state index contributed by atoms with van der Waals surface area (Å²) in [6.45, 7) is 5.91. The molecule has 2 aliphatic heterocycles. The summed E-state index contributed by atoms with van der Waals surface area (Å²) in [6.07, 6.45) is 4.98. The molecule has 2 saturated heterocycles. The first kappa shape index (κ1) is 7.32. The van der Waals surface area contributed by atoms with Crippen molar-refractivity contribution in [2.45, 2.75) is 30.9 Å². The molecule has 2 aliphatic rings. The summed E-state index contributed by atoms with van der Waals surface area (Å²) in [5.74, 6) is 0. The highest BCUT2D eigenvalue weighted by atomic mass is 16.3. The van der Waals surface area contributed by atoms with Gasteiger partial charge in [-0.05, 0) is 25.8 Å². The third-order valence-corrected chi connectivity index (χ3v) is 3.09. The van der Waals surface area contributed by atoms with Crippen molar-refractivity contribution < 1.29 is 5.11 Å². The van der Waals surface area contributed by atoms with Gasteiger partial charge in [0.2, 0.25) is 0 Å². The van der Waals surface area contributed by atoms with Gasteiger partial charge >= 0.3 is 0 Å². The number of rotatable bonds is 1. The lowest BCUT2D eigenvalue weighted by atomic mass is 9.93. The van der Waals surface area contributed by atoms with Crippen molar-refractivity contribution in [1.82, 2.24) is 4.90 Å². The van der Waals surface area contributed by atoms with Gasteiger partial charge in [-0.15, -0.1) is 6.58 Å². The Morgan fingerprint density at radius 2 is 2.36 bits per heavy atom. The molecule has 0 aliphatic carbocycles. The second kappa shape index (κ2) is 2.32. The molecule has 0 aromatic carbocycles. The summed E-state index contributed by atoms with van der Waals surface area (Å²) < 4.78 is 0.